The van der Waals surface area contributed by atoms with Crippen LogP contribution in [0, 0.1) is 11.6 Å². The normalized spacial score (nSPS) is 10.9. The van der Waals surface area contributed by atoms with Crippen LogP contribution in [0.5, 0.6) is 11.6 Å². The van der Waals surface area contributed by atoms with E-state index in [1.54, 1.807) is 24.3 Å². The van der Waals surface area contributed by atoms with Gasteiger partial charge in [0.25, 0.3) is 0 Å². The molecule has 186 valence electrons. The standard InChI is InChI=1S/C28H23F2N5O2/c1-2-36-27-25-26(34-28(35-27)32-15-18-8-11-21(29)12-9-18)31-16-23(33-25)20-10-13-24(22(30)14-20)37-17-19-6-4-3-5-7-19/h3-14,16H,2,15,17H2,1H3,(H,31,32,34,35). The SMILES string of the molecule is CCOc1nc(NCc2ccc(F)cc2)nc2ncc(-c3ccc(OCc4ccccc4)c(F)c3)nc12. The number of rotatable bonds is 9. The Morgan fingerprint density at radius 2 is 1.65 bits per heavy atom. The van der Waals surface area contributed by atoms with Crippen LogP contribution in [0.4, 0.5) is 14.7 Å². The lowest BCUT2D eigenvalue weighted by Crippen LogP contribution is -2.07. The molecule has 1 N–H and O–H groups in total. The van der Waals surface area contributed by atoms with Crippen molar-refractivity contribution in [3.8, 4) is 22.9 Å². The summed E-state index contributed by atoms with van der Waals surface area (Å²) in [4.78, 5) is 17.9. The Labute approximate surface area is 212 Å². The van der Waals surface area contributed by atoms with Gasteiger partial charge in [-0.05, 0) is 48.4 Å². The second-order valence-electron chi connectivity index (χ2n) is 8.11. The largest absolute Gasteiger partial charge is 0.486 e. The zero-order valence-corrected chi connectivity index (χ0v) is 20.0. The first kappa shape index (κ1) is 24.1. The molecular weight excluding hydrogens is 476 g/mol. The van der Waals surface area contributed by atoms with Gasteiger partial charge in [-0.2, -0.15) is 9.97 Å². The third-order valence-electron chi connectivity index (χ3n) is 5.48. The summed E-state index contributed by atoms with van der Waals surface area (Å²) < 4.78 is 39.3. The third kappa shape index (κ3) is 5.78. The summed E-state index contributed by atoms with van der Waals surface area (Å²) in [5.74, 6) is -0.0989. The van der Waals surface area contributed by atoms with Crippen molar-refractivity contribution < 1.29 is 18.3 Å². The first-order valence-corrected chi connectivity index (χ1v) is 11.7. The van der Waals surface area contributed by atoms with E-state index in [0.717, 1.165) is 11.1 Å². The first-order chi connectivity index (χ1) is 18.1. The molecular formula is C28H23F2N5O2. The van der Waals surface area contributed by atoms with Crippen molar-refractivity contribution in [3.05, 3.63) is 102 Å². The minimum Gasteiger partial charge on any atom is -0.486 e. The Morgan fingerprint density at radius 1 is 0.838 bits per heavy atom. The van der Waals surface area contributed by atoms with Crippen molar-refractivity contribution in [3.63, 3.8) is 0 Å². The molecule has 0 unspecified atom stereocenters. The summed E-state index contributed by atoms with van der Waals surface area (Å²) in [5.41, 5.74) is 3.46. The Bertz CT molecular complexity index is 1520. The molecule has 0 saturated carbocycles. The molecule has 7 nitrogen and oxygen atoms in total. The van der Waals surface area contributed by atoms with Crippen molar-refractivity contribution in [2.45, 2.75) is 20.1 Å². The highest BCUT2D eigenvalue weighted by Crippen LogP contribution is 2.28. The number of halogens is 2. The molecule has 0 radical (unpaired) electrons. The molecule has 2 heterocycles. The molecule has 0 aliphatic rings. The maximum atomic E-state index is 14.8. The fraction of sp³-hybridized carbons (Fsp3) is 0.143. The van der Waals surface area contributed by atoms with Crippen molar-refractivity contribution in [1.29, 1.82) is 0 Å². The van der Waals surface area contributed by atoms with E-state index in [0.29, 0.717) is 41.5 Å². The van der Waals surface area contributed by atoms with Gasteiger partial charge in [-0.1, -0.05) is 42.5 Å². The summed E-state index contributed by atoms with van der Waals surface area (Å²) in [6, 6.07) is 20.3. The molecule has 0 amide bonds. The predicted molar refractivity (Wildman–Crippen MR) is 136 cm³/mol. The maximum absolute atomic E-state index is 14.8. The van der Waals surface area contributed by atoms with Gasteiger partial charge < -0.3 is 14.8 Å². The van der Waals surface area contributed by atoms with Crippen LogP contribution in [0.3, 0.4) is 0 Å². The van der Waals surface area contributed by atoms with E-state index in [-0.39, 0.29) is 24.1 Å². The van der Waals surface area contributed by atoms with Gasteiger partial charge in [0.05, 0.1) is 18.5 Å². The average Bonchev–Trinajstić information content (AvgIpc) is 2.92. The van der Waals surface area contributed by atoms with E-state index in [2.05, 4.69) is 25.3 Å². The number of nitrogens with one attached hydrogen (secondary N) is 1. The topological polar surface area (TPSA) is 82.0 Å². The van der Waals surface area contributed by atoms with Gasteiger partial charge in [0.1, 0.15) is 12.4 Å². The molecule has 0 bridgehead atoms. The summed E-state index contributed by atoms with van der Waals surface area (Å²) in [6.07, 6.45) is 1.52. The molecule has 3 aromatic carbocycles. The highest BCUT2D eigenvalue weighted by atomic mass is 19.1. The number of ether oxygens (including phenoxy) is 2. The van der Waals surface area contributed by atoms with Gasteiger partial charge in [-0.15, -0.1) is 0 Å². The Kier molecular flexibility index (Phi) is 7.12. The number of hydrogen-bond acceptors (Lipinski definition) is 7. The quantitative estimate of drug-likeness (QED) is 0.268. The lowest BCUT2D eigenvalue weighted by molar-refractivity contribution is 0.290. The zero-order chi connectivity index (χ0) is 25.6. The molecule has 5 aromatic rings. The minimum absolute atomic E-state index is 0.150. The number of anilines is 1. The Hall–Kier alpha value is -4.66. The summed E-state index contributed by atoms with van der Waals surface area (Å²) in [5, 5.41) is 3.10. The molecule has 5 rings (SSSR count). The highest BCUT2D eigenvalue weighted by molar-refractivity contribution is 5.79. The summed E-state index contributed by atoms with van der Waals surface area (Å²) in [6.45, 7) is 2.85. The lowest BCUT2D eigenvalue weighted by Gasteiger charge is -2.11. The van der Waals surface area contributed by atoms with Gasteiger partial charge in [-0.25, -0.2) is 18.7 Å². The van der Waals surface area contributed by atoms with Gasteiger partial charge >= 0.3 is 0 Å². The summed E-state index contributed by atoms with van der Waals surface area (Å²) >= 11 is 0. The fourth-order valence-corrected chi connectivity index (χ4v) is 3.63. The van der Waals surface area contributed by atoms with Crippen molar-refractivity contribution >= 4 is 17.1 Å². The van der Waals surface area contributed by atoms with E-state index >= 15 is 0 Å². The van der Waals surface area contributed by atoms with Crippen molar-refractivity contribution in [1.82, 2.24) is 19.9 Å². The fourth-order valence-electron chi connectivity index (χ4n) is 3.63. The monoisotopic (exact) mass is 499 g/mol. The second-order valence-corrected chi connectivity index (χ2v) is 8.11. The summed E-state index contributed by atoms with van der Waals surface area (Å²) in [7, 11) is 0. The van der Waals surface area contributed by atoms with Crippen molar-refractivity contribution in [2.75, 3.05) is 11.9 Å². The first-order valence-electron chi connectivity index (χ1n) is 11.7. The smallest absolute Gasteiger partial charge is 0.247 e. The molecule has 0 atom stereocenters. The molecule has 9 heteroatoms. The maximum Gasteiger partial charge on any atom is 0.247 e. The molecule has 0 fully saturated rings. The third-order valence-corrected chi connectivity index (χ3v) is 5.48. The number of aromatic nitrogens is 4. The van der Waals surface area contributed by atoms with Crippen LogP contribution in [-0.4, -0.2) is 26.5 Å². The zero-order valence-electron chi connectivity index (χ0n) is 20.0. The molecule has 2 aromatic heterocycles. The molecule has 0 saturated heterocycles. The predicted octanol–water partition coefficient (Wildman–Crippen LogP) is 5.95. The van der Waals surface area contributed by atoms with Crippen LogP contribution in [0.2, 0.25) is 0 Å². The average molecular weight is 500 g/mol. The number of nitrogens with zero attached hydrogens (tertiary/aromatic N) is 4. The van der Waals surface area contributed by atoms with Gasteiger partial charge in [0.2, 0.25) is 11.8 Å². The number of hydrogen-bond donors (Lipinski definition) is 1. The van der Waals surface area contributed by atoms with Crippen LogP contribution in [0.25, 0.3) is 22.4 Å². The molecule has 0 spiro atoms. The van der Waals surface area contributed by atoms with Crippen LogP contribution in [-0.2, 0) is 13.2 Å². The van der Waals surface area contributed by atoms with E-state index in [9.17, 15) is 8.78 Å². The molecule has 0 aliphatic carbocycles. The Balaban J connectivity index is 1.37. The minimum atomic E-state index is -0.503. The van der Waals surface area contributed by atoms with Crippen molar-refractivity contribution in [2.24, 2.45) is 0 Å². The van der Waals surface area contributed by atoms with Gasteiger partial charge in [0, 0.05) is 12.1 Å². The van der Waals surface area contributed by atoms with E-state index in [4.69, 9.17) is 9.47 Å². The van der Waals surface area contributed by atoms with E-state index in [1.807, 2.05) is 37.3 Å². The molecule has 37 heavy (non-hydrogen) atoms. The van der Waals surface area contributed by atoms with Gasteiger partial charge in [0.15, 0.2) is 22.7 Å². The number of fused-ring (bicyclic) bond motifs is 1. The second kappa shape index (κ2) is 10.9. The van der Waals surface area contributed by atoms with Crippen LogP contribution < -0.4 is 14.8 Å². The van der Waals surface area contributed by atoms with Gasteiger partial charge in [-0.3, -0.25) is 0 Å². The van der Waals surface area contributed by atoms with E-state index in [1.165, 1.54) is 24.4 Å². The van der Waals surface area contributed by atoms with E-state index < -0.39 is 5.82 Å². The van der Waals surface area contributed by atoms with Crippen LogP contribution in [0.15, 0.2) is 79.0 Å². The highest BCUT2D eigenvalue weighted by Gasteiger charge is 2.15. The van der Waals surface area contributed by atoms with Crippen LogP contribution in [0.1, 0.15) is 18.1 Å². The number of benzene rings is 3. The van der Waals surface area contributed by atoms with Crippen LogP contribution >= 0.6 is 0 Å². The lowest BCUT2D eigenvalue weighted by atomic mass is 10.1. The Morgan fingerprint density at radius 3 is 2.41 bits per heavy atom. The molecule has 0 aliphatic heterocycles.